The molecule has 1 aromatic heterocycles. The van der Waals surface area contributed by atoms with Crippen molar-refractivity contribution >= 4 is 0 Å². The second kappa shape index (κ2) is 7.36. The Labute approximate surface area is 98.2 Å². The number of nitrogens with one attached hydrogen (secondary N) is 1. The minimum atomic E-state index is 0.227. The summed E-state index contributed by atoms with van der Waals surface area (Å²) in [6.07, 6.45) is 4.91. The van der Waals surface area contributed by atoms with Gasteiger partial charge in [0, 0.05) is 25.0 Å². The van der Waals surface area contributed by atoms with Crippen LogP contribution in [0.3, 0.4) is 0 Å². The highest BCUT2D eigenvalue weighted by Crippen LogP contribution is 2.07. The molecule has 1 N–H and O–H groups in total. The van der Waals surface area contributed by atoms with Crippen LogP contribution in [-0.4, -0.2) is 30.3 Å². The van der Waals surface area contributed by atoms with Gasteiger partial charge in [-0.25, -0.2) is 0 Å². The summed E-state index contributed by atoms with van der Waals surface area (Å²) < 4.78 is 5.65. The summed E-state index contributed by atoms with van der Waals surface area (Å²) in [4.78, 5) is 4.13. The summed E-state index contributed by atoms with van der Waals surface area (Å²) in [6, 6.07) is 4.44. The van der Waals surface area contributed by atoms with E-state index in [1.54, 1.807) is 6.20 Å². The molecule has 0 radical (unpaired) electrons. The monoisotopic (exact) mass is 222 g/mol. The minimum absolute atomic E-state index is 0.227. The molecule has 0 fully saturated rings. The van der Waals surface area contributed by atoms with Gasteiger partial charge in [0.05, 0.1) is 6.10 Å². The van der Waals surface area contributed by atoms with E-state index >= 15 is 0 Å². The van der Waals surface area contributed by atoms with E-state index in [2.05, 4.69) is 30.2 Å². The van der Waals surface area contributed by atoms with Gasteiger partial charge in [0.1, 0.15) is 0 Å². The number of nitrogens with zero attached hydrogens (tertiary/aromatic N) is 1. The zero-order chi connectivity index (χ0) is 11.8. The zero-order valence-corrected chi connectivity index (χ0v) is 10.4. The van der Waals surface area contributed by atoms with Crippen LogP contribution in [0, 0.1) is 0 Å². The smallest absolute Gasteiger partial charge is 0.0703 e. The fourth-order valence-electron chi connectivity index (χ4n) is 1.82. The van der Waals surface area contributed by atoms with Gasteiger partial charge in [-0.1, -0.05) is 13.0 Å². The lowest BCUT2D eigenvalue weighted by Gasteiger charge is -2.24. The second-order valence-corrected chi connectivity index (χ2v) is 3.89. The lowest BCUT2D eigenvalue weighted by Crippen LogP contribution is -2.41. The molecule has 1 rings (SSSR count). The fourth-order valence-corrected chi connectivity index (χ4v) is 1.82. The van der Waals surface area contributed by atoms with Crippen LogP contribution in [0.2, 0.25) is 0 Å². The summed E-state index contributed by atoms with van der Waals surface area (Å²) in [6.45, 7) is 7.99. The lowest BCUT2D eigenvalue weighted by atomic mass is 10.0. The summed E-state index contributed by atoms with van der Waals surface area (Å²) in [5, 5.41) is 3.46. The predicted molar refractivity (Wildman–Crippen MR) is 66.5 cm³/mol. The number of rotatable bonds is 7. The molecule has 1 heterocycles. The van der Waals surface area contributed by atoms with E-state index in [-0.39, 0.29) is 6.10 Å². The van der Waals surface area contributed by atoms with Crippen LogP contribution in [0.25, 0.3) is 0 Å². The van der Waals surface area contributed by atoms with Crippen LogP contribution in [0.15, 0.2) is 24.5 Å². The molecule has 2 atom stereocenters. The first-order valence-electron chi connectivity index (χ1n) is 6.01. The largest absolute Gasteiger partial charge is 0.377 e. The van der Waals surface area contributed by atoms with Gasteiger partial charge in [-0.2, -0.15) is 0 Å². The van der Waals surface area contributed by atoms with Gasteiger partial charge < -0.3 is 10.1 Å². The highest BCUT2D eigenvalue weighted by atomic mass is 16.5. The Hall–Kier alpha value is -0.930. The molecule has 0 spiro atoms. The minimum Gasteiger partial charge on any atom is -0.377 e. The zero-order valence-electron chi connectivity index (χ0n) is 10.4. The first-order valence-corrected chi connectivity index (χ1v) is 6.01. The number of likely N-dealkylation sites (N-methyl/N-ethyl adjacent to an activating group) is 1. The van der Waals surface area contributed by atoms with Gasteiger partial charge in [-0.3, -0.25) is 4.98 Å². The molecule has 2 unspecified atom stereocenters. The molecule has 16 heavy (non-hydrogen) atoms. The first kappa shape index (κ1) is 13.1. The Morgan fingerprint density at radius 1 is 1.44 bits per heavy atom. The molecule has 90 valence electrons. The first-order chi connectivity index (χ1) is 7.77. The van der Waals surface area contributed by atoms with Crippen molar-refractivity contribution in [3.8, 4) is 0 Å². The van der Waals surface area contributed by atoms with Gasteiger partial charge in [0.25, 0.3) is 0 Å². The third-order valence-electron chi connectivity index (χ3n) is 2.64. The molecule has 3 heteroatoms. The van der Waals surface area contributed by atoms with E-state index in [0.29, 0.717) is 6.04 Å². The van der Waals surface area contributed by atoms with Crippen molar-refractivity contribution in [3.63, 3.8) is 0 Å². The molecule has 0 amide bonds. The van der Waals surface area contributed by atoms with Crippen LogP contribution in [0.1, 0.15) is 26.3 Å². The molecule has 0 aliphatic heterocycles. The quantitative estimate of drug-likeness (QED) is 0.766. The van der Waals surface area contributed by atoms with Crippen molar-refractivity contribution in [3.05, 3.63) is 30.1 Å². The highest BCUT2D eigenvalue weighted by Gasteiger charge is 2.16. The molecule has 0 saturated heterocycles. The number of aromatic nitrogens is 1. The topological polar surface area (TPSA) is 34.2 Å². The maximum absolute atomic E-state index is 5.65. The molecule has 1 aromatic rings. The van der Waals surface area contributed by atoms with Crippen molar-refractivity contribution in [1.82, 2.24) is 10.3 Å². The number of hydrogen-bond donors (Lipinski definition) is 1. The number of hydrogen-bond acceptors (Lipinski definition) is 3. The Morgan fingerprint density at radius 3 is 2.81 bits per heavy atom. The SMILES string of the molecule is CCNC(Cc1cccnc1)C(C)OCC. The summed E-state index contributed by atoms with van der Waals surface area (Å²) >= 11 is 0. The molecule has 3 nitrogen and oxygen atoms in total. The number of ether oxygens (including phenoxy) is 1. The molecular weight excluding hydrogens is 200 g/mol. The Kier molecular flexibility index (Phi) is 6.04. The van der Waals surface area contributed by atoms with Crippen molar-refractivity contribution in [1.29, 1.82) is 0 Å². The molecule has 0 saturated carbocycles. The maximum atomic E-state index is 5.65. The Morgan fingerprint density at radius 2 is 2.25 bits per heavy atom. The third kappa shape index (κ3) is 4.29. The van der Waals surface area contributed by atoms with Crippen LogP contribution in [0.4, 0.5) is 0 Å². The predicted octanol–water partition coefficient (Wildman–Crippen LogP) is 2.03. The molecular formula is C13H22N2O. The van der Waals surface area contributed by atoms with Gasteiger partial charge in [0.15, 0.2) is 0 Å². The van der Waals surface area contributed by atoms with Crippen LogP contribution >= 0.6 is 0 Å². The molecule has 0 aliphatic rings. The van der Waals surface area contributed by atoms with Gasteiger partial charge in [0.2, 0.25) is 0 Å². The van der Waals surface area contributed by atoms with Gasteiger partial charge in [-0.15, -0.1) is 0 Å². The van der Waals surface area contributed by atoms with E-state index in [1.165, 1.54) is 5.56 Å². The summed E-state index contributed by atoms with van der Waals surface area (Å²) in [5.74, 6) is 0. The van der Waals surface area contributed by atoms with E-state index in [4.69, 9.17) is 4.74 Å². The van der Waals surface area contributed by atoms with Crippen LogP contribution in [-0.2, 0) is 11.2 Å². The fraction of sp³-hybridized carbons (Fsp3) is 0.615. The van der Waals surface area contributed by atoms with Crippen molar-refractivity contribution in [2.45, 2.75) is 39.3 Å². The van der Waals surface area contributed by atoms with E-state index in [1.807, 2.05) is 19.2 Å². The van der Waals surface area contributed by atoms with Gasteiger partial charge >= 0.3 is 0 Å². The van der Waals surface area contributed by atoms with Crippen LogP contribution in [0.5, 0.6) is 0 Å². The molecule has 0 aliphatic carbocycles. The maximum Gasteiger partial charge on any atom is 0.0703 e. The number of pyridine rings is 1. The lowest BCUT2D eigenvalue weighted by molar-refractivity contribution is 0.0480. The molecule has 0 bridgehead atoms. The van der Waals surface area contributed by atoms with Crippen molar-refractivity contribution in [2.75, 3.05) is 13.2 Å². The molecule has 0 aromatic carbocycles. The standard InChI is InChI=1S/C13H22N2O/c1-4-15-13(11(3)16-5-2)9-12-7-6-8-14-10-12/h6-8,10-11,13,15H,4-5,9H2,1-3H3. The average molecular weight is 222 g/mol. The Bertz CT molecular complexity index is 277. The van der Waals surface area contributed by atoms with Crippen molar-refractivity contribution in [2.24, 2.45) is 0 Å². The van der Waals surface area contributed by atoms with E-state index in [0.717, 1.165) is 19.6 Å². The Balaban J connectivity index is 2.57. The van der Waals surface area contributed by atoms with Crippen LogP contribution < -0.4 is 5.32 Å². The average Bonchev–Trinajstić information content (AvgIpc) is 2.30. The van der Waals surface area contributed by atoms with Crippen molar-refractivity contribution < 1.29 is 4.74 Å². The summed E-state index contributed by atoms with van der Waals surface area (Å²) in [5.41, 5.74) is 1.25. The highest BCUT2D eigenvalue weighted by molar-refractivity contribution is 5.10. The summed E-state index contributed by atoms with van der Waals surface area (Å²) in [7, 11) is 0. The van der Waals surface area contributed by atoms with E-state index in [9.17, 15) is 0 Å². The van der Waals surface area contributed by atoms with E-state index < -0.39 is 0 Å². The normalized spacial score (nSPS) is 14.7. The van der Waals surface area contributed by atoms with Gasteiger partial charge in [-0.05, 0) is 38.4 Å². The second-order valence-electron chi connectivity index (χ2n) is 3.89. The third-order valence-corrected chi connectivity index (χ3v) is 2.64.